The van der Waals surface area contributed by atoms with E-state index in [1.165, 1.54) is 5.57 Å². The third-order valence-electron chi connectivity index (χ3n) is 5.29. The lowest BCUT2D eigenvalue weighted by molar-refractivity contribution is -0.119. The average molecular weight is 353 g/mol. The summed E-state index contributed by atoms with van der Waals surface area (Å²) in [5.74, 6) is 0.755. The van der Waals surface area contributed by atoms with Crippen LogP contribution in [0, 0.1) is 0 Å². The van der Waals surface area contributed by atoms with Crippen molar-refractivity contribution in [2.75, 3.05) is 11.5 Å². The standard InChI is InChI=1S/C24H19NO2/c26-24-21(17-9-3-1-4-10-17)15-18-16-27-22-14-8-7-13-20(22)23(18)25(24)19-11-5-2-6-12-19/h1-14,21H,15-16H2. The van der Waals surface area contributed by atoms with Gasteiger partial charge in [-0.05, 0) is 41.8 Å². The number of hydrogen-bond acceptors (Lipinski definition) is 2. The molecule has 3 aromatic rings. The monoisotopic (exact) mass is 353 g/mol. The molecule has 1 unspecified atom stereocenters. The van der Waals surface area contributed by atoms with Gasteiger partial charge in [-0.3, -0.25) is 9.69 Å². The molecular weight excluding hydrogens is 334 g/mol. The van der Waals surface area contributed by atoms with E-state index in [0.29, 0.717) is 13.0 Å². The summed E-state index contributed by atoms with van der Waals surface area (Å²) >= 11 is 0. The molecule has 3 heteroatoms. The molecule has 5 rings (SSSR count). The van der Waals surface area contributed by atoms with Gasteiger partial charge in [0.1, 0.15) is 12.4 Å². The molecule has 0 saturated heterocycles. The Kier molecular flexibility index (Phi) is 3.79. The first kappa shape index (κ1) is 15.9. The van der Waals surface area contributed by atoms with Crippen LogP contribution in [0.2, 0.25) is 0 Å². The van der Waals surface area contributed by atoms with Crippen molar-refractivity contribution in [2.24, 2.45) is 0 Å². The highest BCUT2D eigenvalue weighted by atomic mass is 16.5. The van der Waals surface area contributed by atoms with Gasteiger partial charge in [0.15, 0.2) is 0 Å². The first-order valence-corrected chi connectivity index (χ1v) is 9.21. The van der Waals surface area contributed by atoms with Gasteiger partial charge in [0.25, 0.3) is 0 Å². The number of carbonyl (C=O) groups excluding carboxylic acids is 1. The molecule has 2 aliphatic rings. The molecule has 0 fully saturated rings. The van der Waals surface area contributed by atoms with E-state index in [1.54, 1.807) is 0 Å². The quantitative estimate of drug-likeness (QED) is 0.648. The maximum absolute atomic E-state index is 13.6. The number of carbonyl (C=O) groups is 1. The van der Waals surface area contributed by atoms with E-state index in [9.17, 15) is 4.79 Å². The first-order chi connectivity index (χ1) is 13.3. The third-order valence-corrected chi connectivity index (χ3v) is 5.29. The van der Waals surface area contributed by atoms with Crippen molar-refractivity contribution < 1.29 is 9.53 Å². The largest absolute Gasteiger partial charge is 0.488 e. The van der Waals surface area contributed by atoms with Crippen LogP contribution >= 0.6 is 0 Å². The number of amides is 1. The van der Waals surface area contributed by atoms with E-state index in [4.69, 9.17) is 4.74 Å². The molecule has 0 aromatic heterocycles. The van der Waals surface area contributed by atoms with Crippen LogP contribution in [-0.2, 0) is 4.79 Å². The van der Waals surface area contributed by atoms with Crippen LogP contribution in [0.3, 0.4) is 0 Å². The van der Waals surface area contributed by atoms with Gasteiger partial charge in [0, 0.05) is 11.3 Å². The van der Waals surface area contributed by atoms with E-state index >= 15 is 0 Å². The summed E-state index contributed by atoms with van der Waals surface area (Å²) in [5, 5.41) is 0. The van der Waals surface area contributed by atoms with Crippen LogP contribution in [0.4, 0.5) is 5.69 Å². The zero-order valence-electron chi connectivity index (χ0n) is 14.8. The van der Waals surface area contributed by atoms with E-state index in [0.717, 1.165) is 28.3 Å². The predicted molar refractivity (Wildman–Crippen MR) is 107 cm³/mol. The number of ether oxygens (including phenoxy) is 1. The van der Waals surface area contributed by atoms with Gasteiger partial charge in [-0.1, -0.05) is 60.7 Å². The van der Waals surface area contributed by atoms with Crippen molar-refractivity contribution in [3.8, 4) is 5.75 Å². The Morgan fingerprint density at radius 1 is 0.815 bits per heavy atom. The normalized spacial score (nSPS) is 18.6. The molecule has 3 aromatic carbocycles. The zero-order valence-corrected chi connectivity index (χ0v) is 14.8. The van der Waals surface area contributed by atoms with Gasteiger partial charge in [-0.15, -0.1) is 0 Å². The zero-order chi connectivity index (χ0) is 18.2. The van der Waals surface area contributed by atoms with Gasteiger partial charge in [0.05, 0.1) is 11.6 Å². The number of hydrogen-bond donors (Lipinski definition) is 0. The molecule has 2 heterocycles. The van der Waals surface area contributed by atoms with Crippen LogP contribution in [0.25, 0.3) is 5.70 Å². The molecule has 3 nitrogen and oxygen atoms in total. The highest BCUT2D eigenvalue weighted by Crippen LogP contribution is 2.45. The maximum atomic E-state index is 13.6. The van der Waals surface area contributed by atoms with Gasteiger partial charge >= 0.3 is 0 Å². The molecule has 0 radical (unpaired) electrons. The molecular formula is C24H19NO2. The fourth-order valence-electron chi connectivity index (χ4n) is 4.02. The molecule has 2 aliphatic heterocycles. The summed E-state index contributed by atoms with van der Waals surface area (Å²) in [5.41, 5.74) is 5.09. The highest BCUT2D eigenvalue weighted by molar-refractivity contribution is 6.12. The van der Waals surface area contributed by atoms with Crippen LogP contribution in [0.1, 0.15) is 23.5 Å². The minimum absolute atomic E-state index is 0.114. The highest BCUT2D eigenvalue weighted by Gasteiger charge is 2.39. The summed E-state index contributed by atoms with van der Waals surface area (Å²) in [4.78, 5) is 15.5. The Labute approximate surface area is 158 Å². The van der Waals surface area contributed by atoms with Crippen molar-refractivity contribution in [3.63, 3.8) is 0 Å². The Bertz CT molecular complexity index is 1020. The van der Waals surface area contributed by atoms with Crippen LogP contribution in [0.5, 0.6) is 5.75 Å². The fraction of sp³-hybridized carbons (Fsp3) is 0.125. The van der Waals surface area contributed by atoms with Crippen molar-refractivity contribution in [2.45, 2.75) is 12.3 Å². The molecule has 27 heavy (non-hydrogen) atoms. The number of para-hydroxylation sites is 2. The smallest absolute Gasteiger partial charge is 0.239 e. The second-order valence-corrected chi connectivity index (χ2v) is 6.91. The minimum atomic E-state index is -0.195. The lowest BCUT2D eigenvalue weighted by Gasteiger charge is -2.39. The molecule has 1 amide bonds. The molecule has 0 saturated carbocycles. The van der Waals surface area contributed by atoms with Crippen LogP contribution in [-0.4, -0.2) is 12.5 Å². The summed E-state index contributed by atoms with van der Waals surface area (Å²) in [6.07, 6.45) is 0.690. The van der Waals surface area contributed by atoms with Crippen molar-refractivity contribution in [1.82, 2.24) is 0 Å². The van der Waals surface area contributed by atoms with Crippen molar-refractivity contribution in [1.29, 1.82) is 0 Å². The van der Waals surface area contributed by atoms with Crippen LogP contribution < -0.4 is 9.64 Å². The Hall–Kier alpha value is -3.33. The van der Waals surface area contributed by atoms with Crippen molar-refractivity contribution in [3.05, 3.63) is 102 Å². The number of benzene rings is 3. The SMILES string of the molecule is O=C1C(c2ccccc2)CC2=C(c3ccccc3OC2)N1c1ccccc1. The molecule has 0 N–H and O–H groups in total. The lowest BCUT2D eigenvalue weighted by Crippen LogP contribution is -2.40. The van der Waals surface area contributed by atoms with E-state index in [-0.39, 0.29) is 11.8 Å². The van der Waals surface area contributed by atoms with Gasteiger partial charge in [-0.25, -0.2) is 0 Å². The summed E-state index contributed by atoms with van der Waals surface area (Å²) < 4.78 is 6.00. The third kappa shape index (κ3) is 2.63. The van der Waals surface area contributed by atoms with E-state index in [1.807, 2.05) is 89.8 Å². The first-order valence-electron chi connectivity index (χ1n) is 9.21. The van der Waals surface area contributed by atoms with Gasteiger partial charge in [-0.2, -0.15) is 0 Å². The summed E-state index contributed by atoms with van der Waals surface area (Å²) in [7, 11) is 0. The van der Waals surface area contributed by atoms with Crippen LogP contribution in [0.15, 0.2) is 90.5 Å². The van der Waals surface area contributed by atoms with E-state index < -0.39 is 0 Å². The topological polar surface area (TPSA) is 29.5 Å². The Balaban J connectivity index is 1.70. The van der Waals surface area contributed by atoms with Gasteiger partial charge in [0.2, 0.25) is 5.91 Å². The molecule has 0 spiro atoms. The predicted octanol–water partition coefficient (Wildman–Crippen LogP) is 5.01. The number of nitrogens with zero attached hydrogens (tertiary/aromatic N) is 1. The summed E-state index contributed by atoms with van der Waals surface area (Å²) in [6.45, 7) is 0.520. The second kappa shape index (κ2) is 6.44. The van der Waals surface area contributed by atoms with Gasteiger partial charge < -0.3 is 4.74 Å². The minimum Gasteiger partial charge on any atom is -0.488 e. The second-order valence-electron chi connectivity index (χ2n) is 6.91. The number of fused-ring (bicyclic) bond motifs is 2. The van der Waals surface area contributed by atoms with E-state index in [2.05, 4.69) is 0 Å². The molecule has 0 aliphatic carbocycles. The number of anilines is 1. The Morgan fingerprint density at radius 2 is 1.48 bits per heavy atom. The Morgan fingerprint density at radius 3 is 2.26 bits per heavy atom. The fourth-order valence-corrected chi connectivity index (χ4v) is 4.02. The average Bonchev–Trinajstić information content (AvgIpc) is 2.74. The molecule has 0 bridgehead atoms. The molecule has 1 atom stereocenters. The molecule has 132 valence electrons. The summed E-state index contributed by atoms with van der Waals surface area (Å²) in [6, 6.07) is 27.9. The lowest BCUT2D eigenvalue weighted by atomic mass is 9.83. The number of rotatable bonds is 2. The maximum Gasteiger partial charge on any atom is 0.239 e. The van der Waals surface area contributed by atoms with Crippen molar-refractivity contribution >= 4 is 17.3 Å².